The second kappa shape index (κ2) is 8.84. The van der Waals surface area contributed by atoms with Crippen molar-refractivity contribution in [2.45, 2.75) is 13.3 Å². The standard InChI is InChI=1S/C19H20INO4/c1-12(18(22)21-15-7-5-14(20)6-8-15)17(19(23)24)11-13-3-9-16(25-2)10-4-13/h3-10,12,17H,11H2,1-2H3,(H,21,22)(H,23,24). The zero-order valence-corrected chi connectivity index (χ0v) is 16.2. The van der Waals surface area contributed by atoms with E-state index in [-0.39, 0.29) is 12.3 Å². The number of benzene rings is 2. The third-order valence-electron chi connectivity index (χ3n) is 4.06. The van der Waals surface area contributed by atoms with Crippen LogP contribution in [-0.2, 0) is 16.0 Å². The lowest BCUT2D eigenvalue weighted by Gasteiger charge is -2.20. The molecule has 0 saturated heterocycles. The van der Waals surface area contributed by atoms with Gasteiger partial charge in [0.1, 0.15) is 5.75 Å². The second-order valence-corrected chi connectivity index (χ2v) is 7.03. The van der Waals surface area contributed by atoms with Crippen molar-refractivity contribution in [3.63, 3.8) is 0 Å². The molecule has 5 nitrogen and oxygen atoms in total. The van der Waals surface area contributed by atoms with Crippen LogP contribution >= 0.6 is 22.6 Å². The first-order chi connectivity index (χ1) is 11.9. The fraction of sp³-hybridized carbons (Fsp3) is 0.263. The first kappa shape index (κ1) is 19.2. The summed E-state index contributed by atoms with van der Waals surface area (Å²) in [7, 11) is 1.58. The van der Waals surface area contributed by atoms with E-state index in [1.807, 2.05) is 24.3 Å². The van der Waals surface area contributed by atoms with Crippen LogP contribution in [0.2, 0.25) is 0 Å². The van der Waals surface area contributed by atoms with Crippen molar-refractivity contribution in [3.05, 3.63) is 57.7 Å². The Kier molecular flexibility index (Phi) is 6.81. The van der Waals surface area contributed by atoms with E-state index in [1.165, 1.54) is 0 Å². The van der Waals surface area contributed by atoms with E-state index < -0.39 is 17.8 Å². The molecule has 0 saturated carbocycles. The summed E-state index contributed by atoms with van der Waals surface area (Å²) in [5, 5.41) is 12.3. The van der Waals surface area contributed by atoms with E-state index >= 15 is 0 Å². The molecule has 2 N–H and O–H groups in total. The fourth-order valence-corrected chi connectivity index (χ4v) is 2.83. The van der Waals surface area contributed by atoms with Crippen LogP contribution in [0.4, 0.5) is 5.69 Å². The summed E-state index contributed by atoms with van der Waals surface area (Å²) in [5.74, 6) is -2.06. The summed E-state index contributed by atoms with van der Waals surface area (Å²) in [6.45, 7) is 1.64. The predicted molar refractivity (Wildman–Crippen MR) is 105 cm³/mol. The van der Waals surface area contributed by atoms with Crippen molar-refractivity contribution in [1.29, 1.82) is 0 Å². The van der Waals surface area contributed by atoms with E-state index in [9.17, 15) is 14.7 Å². The fourth-order valence-electron chi connectivity index (χ4n) is 2.47. The molecule has 0 aliphatic heterocycles. The molecule has 0 radical (unpaired) electrons. The van der Waals surface area contributed by atoms with Crippen LogP contribution in [0.1, 0.15) is 12.5 Å². The maximum Gasteiger partial charge on any atom is 0.307 e. The largest absolute Gasteiger partial charge is 0.497 e. The molecule has 0 aliphatic rings. The summed E-state index contributed by atoms with van der Waals surface area (Å²) >= 11 is 2.18. The molecule has 6 heteroatoms. The van der Waals surface area contributed by atoms with Crippen LogP contribution in [0.15, 0.2) is 48.5 Å². The number of amides is 1. The van der Waals surface area contributed by atoms with Crippen LogP contribution in [0.25, 0.3) is 0 Å². The van der Waals surface area contributed by atoms with Crippen LogP contribution in [-0.4, -0.2) is 24.1 Å². The maximum atomic E-state index is 12.4. The first-order valence-corrected chi connectivity index (χ1v) is 8.90. The smallest absolute Gasteiger partial charge is 0.307 e. The number of anilines is 1. The lowest BCUT2D eigenvalue weighted by molar-refractivity contribution is -0.145. The number of ether oxygens (including phenoxy) is 1. The number of halogens is 1. The number of carbonyl (C=O) groups excluding carboxylic acids is 1. The maximum absolute atomic E-state index is 12.4. The molecule has 2 aromatic rings. The molecule has 0 heterocycles. The Hall–Kier alpha value is -2.09. The summed E-state index contributed by atoms with van der Waals surface area (Å²) in [6.07, 6.45) is 0.278. The van der Waals surface area contributed by atoms with Crippen molar-refractivity contribution < 1.29 is 19.4 Å². The van der Waals surface area contributed by atoms with Crippen molar-refractivity contribution in [3.8, 4) is 5.75 Å². The zero-order valence-electron chi connectivity index (χ0n) is 14.0. The van der Waals surface area contributed by atoms with Gasteiger partial charge in [0.05, 0.1) is 13.0 Å². The Morgan fingerprint density at radius 3 is 2.24 bits per heavy atom. The van der Waals surface area contributed by atoms with Gasteiger partial charge in [-0.15, -0.1) is 0 Å². The Morgan fingerprint density at radius 1 is 1.12 bits per heavy atom. The Labute approximate surface area is 160 Å². The van der Waals surface area contributed by atoms with E-state index in [1.54, 1.807) is 38.3 Å². The molecule has 0 spiro atoms. The highest BCUT2D eigenvalue weighted by Gasteiger charge is 2.30. The van der Waals surface area contributed by atoms with Gasteiger partial charge in [-0.25, -0.2) is 0 Å². The van der Waals surface area contributed by atoms with Gasteiger partial charge in [0, 0.05) is 15.2 Å². The van der Waals surface area contributed by atoms with Crippen molar-refractivity contribution >= 4 is 40.2 Å². The summed E-state index contributed by atoms with van der Waals surface area (Å²) in [6, 6.07) is 14.6. The van der Waals surface area contributed by atoms with Crippen LogP contribution in [0.3, 0.4) is 0 Å². The minimum atomic E-state index is -0.985. The molecule has 0 aromatic heterocycles. The summed E-state index contributed by atoms with van der Waals surface area (Å²) < 4.78 is 6.16. The van der Waals surface area contributed by atoms with Gasteiger partial charge in [-0.2, -0.15) is 0 Å². The third-order valence-corrected chi connectivity index (χ3v) is 4.78. The van der Waals surface area contributed by atoms with Gasteiger partial charge < -0.3 is 15.2 Å². The number of hydrogen-bond acceptors (Lipinski definition) is 3. The van der Waals surface area contributed by atoms with Crippen LogP contribution in [0.5, 0.6) is 5.75 Å². The number of hydrogen-bond donors (Lipinski definition) is 2. The van der Waals surface area contributed by atoms with Gasteiger partial charge in [-0.3, -0.25) is 9.59 Å². The molecule has 2 atom stereocenters. The summed E-state index contributed by atoms with van der Waals surface area (Å²) in [4.78, 5) is 24.1. The normalized spacial score (nSPS) is 12.9. The van der Waals surface area contributed by atoms with Gasteiger partial charge in [0.2, 0.25) is 5.91 Å². The van der Waals surface area contributed by atoms with Crippen LogP contribution in [0, 0.1) is 15.4 Å². The van der Waals surface area contributed by atoms with Crippen molar-refractivity contribution in [2.24, 2.45) is 11.8 Å². The average molecular weight is 453 g/mol. The lowest BCUT2D eigenvalue weighted by atomic mass is 9.87. The van der Waals surface area contributed by atoms with Crippen molar-refractivity contribution in [2.75, 3.05) is 12.4 Å². The Bertz CT molecular complexity index is 728. The minimum absolute atomic E-state index is 0.278. The lowest BCUT2D eigenvalue weighted by Crippen LogP contribution is -2.33. The number of methoxy groups -OCH3 is 1. The molecule has 1 amide bonds. The molecule has 0 fully saturated rings. The molecule has 0 bridgehead atoms. The van der Waals surface area contributed by atoms with E-state index in [2.05, 4.69) is 27.9 Å². The highest BCUT2D eigenvalue weighted by atomic mass is 127. The number of carboxylic acid groups (broad SMARTS) is 1. The molecule has 0 aliphatic carbocycles. The molecular formula is C19H20INO4. The number of carboxylic acids is 1. The molecule has 132 valence electrons. The van der Waals surface area contributed by atoms with E-state index in [0.717, 1.165) is 9.13 Å². The van der Waals surface area contributed by atoms with E-state index in [4.69, 9.17) is 4.74 Å². The highest BCUT2D eigenvalue weighted by Crippen LogP contribution is 2.22. The average Bonchev–Trinajstić information content (AvgIpc) is 2.61. The third kappa shape index (κ3) is 5.45. The van der Waals surface area contributed by atoms with E-state index in [0.29, 0.717) is 11.4 Å². The SMILES string of the molecule is COc1ccc(CC(C(=O)O)C(C)C(=O)Nc2ccc(I)cc2)cc1. The Balaban J connectivity index is 2.07. The number of carbonyl (C=O) groups is 2. The van der Waals surface area contributed by atoms with Gasteiger partial charge in [0.15, 0.2) is 0 Å². The molecular weight excluding hydrogens is 433 g/mol. The molecule has 25 heavy (non-hydrogen) atoms. The molecule has 2 rings (SSSR count). The van der Waals surface area contributed by atoms with Gasteiger partial charge in [-0.1, -0.05) is 19.1 Å². The monoisotopic (exact) mass is 453 g/mol. The molecule has 2 aromatic carbocycles. The minimum Gasteiger partial charge on any atom is -0.497 e. The van der Waals surface area contributed by atoms with Gasteiger partial charge >= 0.3 is 5.97 Å². The predicted octanol–water partition coefficient (Wildman–Crippen LogP) is 3.82. The van der Waals surface area contributed by atoms with Gasteiger partial charge in [0.25, 0.3) is 0 Å². The Morgan fingerprint density at radius 2 is 1.72 bits per heavy atom. The number of nitrogens with one attached hydrogen (secondary N) is 1. The topological polar surface area (TPSA) is 75.6 Å². The number of aliphatic carboxylic acids is 1. The quantitative estimate of drug-likeness (QED) is 0.626. The first-order valence-electron chi connectivity index (χ1n) is 7.83. The zero-order chi connectivity index (χ0) is 18.4. The summed E-state index contributed by atoms with van der Waals surface area (Å²) in [5.41, 5.74) is 1.51. The second-order valence-electron chi connectivity index (χ2n) is 5.78. The molecule has 2 unspecified atom stereocenters. The highest BCUT2D eigenvalue weighted by molar-refractivity contribution is 14.1. The van der Waals surface area contributed by atoms with Gasteiger partial charge in [-0.05, 0) is 71.0 Å². The van der Waals surface area contributed by atoms with Crippen molar-refractivity contribution in [1.82, 2.24) is 0 Å². The number of rotatable bonds is 7. The van der Waals surface area contributed by atoms with Crippen LogP contribution < -0.4 is 10.1 Å².